The lowest BCUT2D eigenvalue weighted by atomic mass is 10.0. The second kappa shape index (κ2) is 6.54. The normalized spacial score (nSPS) is 14.1. The number of aromatic nitrogens is 2. The fourth-order valence-electron chi connectivity index (χ4n) is 1.46. The van der Waals surface area contributed by atoms with Crippen molar-refractivity contribution in [3.63, 3.8) is 0 Å². The van der Waals surface area contributed by atoms with Gasteiger partial charge in [0, 0.05) is 26.1 Å². The van der Waals surface area contributed by atoms with Crippen molar-refractivity contribution in [1.82, 2.24) is 9.97 Å². The van der Waals surface area contributed by atoms with Gasteiger partial charge in [-0.15, -0.1) is 0 Å². The number of aliphatic hydroxyl groups is 1. The second-order valence-corrected chi connectivity index (χ2v) is 4.76. The minimum absolute atomic E-state index is 0.481. The fourth-order valence-corrected chi connectivity index (χ4v) is 1.46. The molecule has 18 heavy (non-hydrogen) atoms. The third-order valence-corrected chi connectivity index (χ3v) is 2.91. The van der Waals surface area contributed by atoms with Gasteiger partial charge in [-0.25, -0.2) is 9.97 Å². The van der Waals surface area contributed by atoms with Crippen molar-refractivity contribution in [3.05, 3.63) is 11.9 Å². The summed E-state index contributed by atoms with van der Waals surface area (Å²) >= 11 is 0. The molecule has 102 valence electrons. The molecule has 0 bridgehead atoms. The Morgan fingerprint density at radius 3 is 2.50 bits per heavy atom. The monoisotopic (exact) mass is 252 g/mol. The van der Waals surface area contributed by atoms with Gasteiger partial charge < -0.3 is 15.7 Å². The number of hydrogen-bond acceptors (Lipinski definition) is 5. The van der Waals surface area contributed by atoms with E-state index in [0.29, 0.717) is 13.0 Å². The van der Waals surface area contributed by atoms with Gasteiger partial charge in [-0.3, -0.25) is 0 Å². The molecule has 0 spiro atoms. The summed E-state index contributed by atoms with van der Waals surface area (Å²) in [5, 5.41) is 16.2. The molecule has 0 aliphatic heterocycles. The van der Waals surface area contributed by atoms with Gasteiger partial charge in [-0.05, 0) is 19.8 Å². The van der Waals surface area contributed by atoms with Gasteiger partial charge in [0.2, 0.25) is 0 Å². The number of anilines is 2. The van der Waals surface area contributed by atoms with Gasteiger partial charge in [0.25, 0.3) is 0 Å². The van der Waals surface area contributed by atoms with Crippen LogP contribution in [0.4, 0.5) is 11.6 Å². The molecule has 3 N–H and O–H groups in total. The van der Waals surface area contributed by atoms with Crippen molar-refractivity contribution in [2.24, 2.45) is 0 Å². The Labute approximate surface area is 109 Å². The van der Waals surface area contributed by atoms with Gasteiger partial charge in [0.1, 0.15) is 17.5 Å². The van der Waals surface area contributed by atoms with E-state index in [1.165, 1.54) is 0 Å². The molecule has 1 rings (SSSR count). The zero-order valence-electron chi connectivity index (χ0n) is 11.7. The van der Waals surface area contributed by atoms with E-state index in [4.69, 9.17) is 0 Å². The summed E-state index contributed by atoms with van der Waals surface area (Å²) in [6.07, 6.45) is 2.57. The Balaban J connectivity index is 2.78. The predicted octanol–water partition coefficient (Wildman–Crippen LogP) is 2.04. The number of aryl methyl sites for hydroxylation is 1. The predicted molar refractivity (Wildman–Crippen MR) is 75.0 cm³/mol. The number of hydrogen-bond donors (Lipinski definition) is 3. The van der Waals surface area contributed by atoms with Crippen molar-refractivity contribution < 1.29 is 5.11 Å². The first-order chi connectivity index (χ1) is 8.50. The highest BCUT2D eigenvalue weighted by atomic mass is 16.3. The third-order valence-electron chi connectivity index (χ3n) is 2.91. The molecule has 1 aromatic heterocycles. The Morgan fingerprint density at radius 2 is 1.94 bits per heavy atom. The summed E-state index contributed by atoms with van der Waals surface area (Å²) in [5.74, 6) is 2.38. The van der Waals surface area contributed by atoms with E-state index in [1.807, 2.05) is 27.0 Å². The van der Waals surface area contributed by atoms with Crippen LogP contribution >= 0.6 is 0 Å². The van der Waals surface area contributed by atoms with E-state index in [9.17, 15) is 5.11 Å². The lowest BCUT2D eigenvalue weighted by Gasteiger charge is -2.22. The van der Waals surface area contributed by atoms with Crippen molar-refractivity contribution in [3.8, 4) is 0 Å². The molecule has 0 saturated carbocycles. The highest BCUT2D eigenvalue weighted by Gasteiger charge is 2.17. The maximum absolute atomic E-state index is 9.96. The van der Waals surface area contributed by atoms with Crippen molar-refractivity contribution in [2.75, 3.05) is 24.2 Å². The van der Waals surface area contributed by atoms with Crippen LogP contribution in [0.2, 0.25) is 0 Å². The van der Waals surface area contributed by atoms with Gasteiger partial charge in [0.05, 0.1) is 5.60 Å². The molecule has 1 aromatic rings. The van der Waals surface area contributed by atoms with Crippen LogP contribution in [-0.4, -0.2) is 34.3 Å². The quantitative estimate of drug-likeness (QED) is 0.693. The minimum Gasteiger partial charge on any atom is -0.388 e. The highest BCUT2D eigenvalue weighted by molar-refractivity contribution is 5.47. The Hall–Kier alpha value is -1.36. The van der Waals surface area contributed by atoms with Gasteiger partial charge in [-0.2, -0.15) is 0 Å². The minimum atomic E-state index is -0.713. The van der Waals surface area contributed by atoms with Gasteiger partial charge in [0.15, 0.2) is 0 Å². The summed E-state index contributed by atoms with van der Waals surface area (Å²) in [6, 6.07) is 1.85. The maximum Gasteiger partial charge on any atom is 0.133 e. The van der Waals surface area contributed by atoms with Gasteiger partial charge in [-0.1, -0.05) is 13.8 Å². The van der Waals surface area contributed by atoms with E-state index >= 15 is 0 Å². The summed E-state index contributed by atoms with van der Waals surface area (Å²) in [6.45, 7) is 6.36. The number of rotatable bonds is 7. The Bertz CT molecular complexity index is 379. The molecule has 0 saturated heterocycles. The van der Waals surface area contributed by atoms with Gasteiger partial charge >= 0.3 is 0 Å². The molecule has 0 amide bonds. The van der Waals surface area contributed by atoms with E-state index in [-0.39, 0.29) is 0 Å². The van der Waals surface area contributed by atoms with Crippen LogP contribution in [-0.2, 0) is 6.42 Å². The van der Waals surface area contributed by atoms with Crippen LogP contribution < -0.4 is 10.6 Å². The van der Waals surface area contributed by atoms with Crippen LogP contribution in [0.25, 0.3) is 0 Å². The Kier molecular flexibility index (Phi) is 5.34. The number of nitrogens with one attached hydrogen (secondary N) is 2. The molecular weight excluding hydrogens is 228 g/mol. The lowest BCUT2D eigenvalue weighted by molar-refractivity contribution is 0.0696. The van der Waals surface area contributed by atoms with Crippen LogP contribution in [0, 0.1) is 0 Å². The molecule has 0 aliphatic rings. The molecule has 0 aromatic carbocycles. The first-order valence-electron chi connectivity index (χ1n) is 6.52. The fraction of sp³-hybridized carbons (Fsp3) is 0.692. The smallest absolute Gasteiger partial charge is 0.133 e. The Morgan fingerprint density at radius 1 is 1.28 bits per heavy atom. The molecule has 5 nitrogen and oxygen atoms in total. The molecule has 1 unspecified atom stereocenters. The third kappa shape index (κ3) is 4.49. The van der Waals surface area contributed by atoms with Crippen LogP contribution in [0.5, 0.6) is 0 Å². The van der Waals surface area contributed by atoms with E-state index in [0.717, 1.165) is 30.3 Å². The zero-order chi connectivity index (χ0) is 13.6. The first-order valence-corrected chi connectivity index (χ1v) is 6.52. The maximum atomic E-state index is 9.96. The van der Waals surface area contributed by atoms with Crippen molar-refractivity contribution in [1.29, 1.82) is 0 Å². The molecular formula is C13H24N4O. The molecule has 1 atom stereocenters. The second-order valence-electron chi connectivity index (χ2n) is 4.76. The van der Waals surface area contributed by atoms with E-state index < -0.39 is 5.60 Å². The van der Waals surface area contributed by atoms with Crippen molar-refractivity contribution >= 4 is 11.6 Å². The summed E-state index contributed by atoms with van der Waals surface area (Å²) in [4.78, 5) is 8.82. The summed E-state index contributed by atoms with van der Waals surface area (Å²) < 4.78 is 0. The molecule has 1 heterocycles. The molecule has 0 radical (unpaired) electrons. The van der Waals surface area contributed by atoms with Crippen molar-refractivity contribution in [2.45, 2.75) is 45.6 Å². The standard InChI is InChI=1S/C13H24N4O/c1-5-7-10-16-11(14-4)8-12(17-10)15-9-13(3,18)6-2/h8,18H,5-7,9H2,1-4H3,(H2,14,15,16,17). The van der Waals surface area contributed by atoms with E-state index in [1.54, 1.807) is 0 Å². The largest absolute Gasteiger partial charge is 0.388 e. The zero-order valence-corrected chi connectivity index (χ0v) is 11.7. The molecule has 0 fully saturated rings. The summed E-state index contributed by atoms with van der Waals surface area (Å²) in [7, 11) is 1.84. The SMILES string of the molecule is CCCc1nc(NC)cc(NCC(C)(O)CC)n1. The summed E-state index contributed by atoms with van der Waals surface area (Å²) in [5.41, 5.74) is -0.713. The molecule has 5 heteroatoms. The van der Waals surface area contributed by atoms with Crippen LogP contribution in [0.3, 0.4) is 0 Å². The first kappa shape index (κ1) is 14.7. The van der Waals surface area contributed by atoms with Crippen LogP contribution in [0.1, 0.15) is 39.4 Å². The molecule has 0 aliphatic carbocycles. The average Bonchev–Trinajstić information content (AvgIpc) is 2.37. The van der Waals surface area contributed by atoms with E-state index in [2.05, 4.69) is 27.5 Å². The average molecular weight is 252 g/mol. The number of nitrogens with zero attached hydrogens (tertiary/aromatic N) is 2. The lowest BCUT2D eigenvalue weighted by Crippen LogP contribution is -2.32. The highest BCUT2D eigenvalue weighted by Crippen LogP contribution is 2.14. The van der Waals surface area contributed by atoms with Crippen LogP contribution in [0.15, 0.2) is 6.07 Å². The topological polar surface area (TPSA) is 70.1 Å².